The van der Waals surface area contributed by atoms with Gasteiger partial charge < -0.3 is 9.84 Å². The van der Waals surface area contributed by atoms with Crippen molar-refractivity contribution in [2.24, 2.45) is 0 Å². The molecule has 4 aromatic rings. The predicted molar refractivity (Wildman–Crippen MR) is 118 cm³/mol. The average Bonchev–Trinajstić information content (AvgIpc) is 2.96. The van der Waals surface area contributed by atoms with Gasteiger partial charge in [-0.2, -0.15) is 0 Å². The molecule has 5 rings (SSSR count). The number of hydrogen-bond acceptors (Lipinski definition) is 3. The summed E-state index contributed by atoms with van der Waals surface area (Å²) in [5.74, 6) is -0.705. The van der Waals surface area contributed by atoms with Crippen molar-refractivity contribution in [2.45, 2.75) is 19.3 Å². The second-order valence-corrected chi connectivity index (χ2v) is 7.73. The first kappa shape index (κ1) is 19.2. The first-order valence-corrected chi connectivity index (χ1v) is 10.2. The van der Waals surface area contributed by atoms with Gasteiger partial charge in [0.2, 0.25) is 0 Å². The van der Waals surface area contributed by atoms with Crippen LogP contribution in [0.5, 0.6) is 5.75 Å². The maximum absolute atomic E-state index is 13.9. The lowest BCUT2D eigenvalue weighted by Crippen LogP contribution is -2.07. The van der Waals surface area contributed by atoms with Gasteiger partial charge in [-0.3, -0.25) is 0 Å². The van der Waals surface area contributed by atoms with E-state index in [1.807, 2.05) is 36.4 Å². The summed E-state index contributed by atoms with van der Waals surface area (Å²) in [5.41, 5.74) is 6.27. The largest absolute Gasteiger partial charge is 0.497 e. The third kappa shape index (κ3) is 3.32. The maximum Gasteiger partial charge on any atom is 0.336 e. The molecule has 4 nitrogen and oxygen atoms in total. The normalized spacial score (nSPS) is 12.7. The highest BCUT2D eigenvalue weighted by molar-refractivity contribution is 6.06. The lowest BCUT2D eigenvalue weighted by Gasteiger charge is -2.15. The van der Waals surface area contributed by atoms with Crippen molar-refractivity contribution < 1.29 is 19.0 Å². The zero-order valence-electron chi connectivity index (χ0n) is 17.0. The fourth-order valence-corrected chi connectivity index (χ4v) is 4.44. The monoisotopic (exact) mass is 413 g/mol. The van der Waals surface area contributed by atoms with Crippen LogP contribution in [0.15, 0.2) is 60.7 Å². The number of carbonyl (C=O) groups is 1. The first-order chi connectivity index (χ1) is 15.0. The van der Waals surface area contributed by atoms with E-state index in [1.54, 1.807) is 13.2 Å². The highest BCUT2D eigenvalue weighted by Gasteiger charge is 2.25. The van der Waals surface area contributed by atoms with Gasteiger partial charge in [-0.05, 0) is 71.8 Å². The van der Waals surface area contributed by atoms with E-state index in [4.69, 9.17) is 9.72 Å². The number of benzene rings is 3. The van der Waals surface area contributed by atoms with Crippen LogP contribution in [0.25, 0.3) is 33.3 Å². The van der Waals surface area contributed by atoms with Gasteiger partial charge in [0.05, 0.1) is 23.9 Å². The van der Waals surface area contributed by atoms with E-state index in [-0.39, 0.29) is 5.56 Å². The number of pyridine rings is 1. The fraction of sp³-hybridized carbons (Fsp3) is 0.154. The quantitative estimate of drug-likeness (QED) is 0.454. The molecule has 1 heterocycles. The summed E-state index contributed by atoms with van der Waals surface area (Å²) in [5, 5.41) is 10.3. The first-order valence-electron chi connectivity index (χ1n) is 10.2. The van der Waals surface area contributed by atoms with Crippen LogP contribution < -0.4 is 4.74 Å². The van der Waals surface area contributed by atoms with Gasteiger partial charge in [0, 0.05) is 10.9 Å². The lowest BCUT2D eigenvalue weighted by molar-refractivity contribution is 0.0698. The number of ether oxygens (including phenoxy) is 1. The van der Waals surface area contributed by atoms with Gasteiger partial charge >= 0.3 is 5.97 Å². The van der Waals surface area contributed by atoms with Crippen LogP contribution in [0.4, 0.5) is 4.39 Å². The number of carboxylic acid groups (broad SMARTS) is 1. The van der Waals surface area contributed by atoms with Crippen molar-refractivity contribution >= 4 is 16.9 Å². The van der Waals surface area contributed by atoms with E-state index in [0.29, 0.717) is 28.6 Å². The molecule has 0 bridgehead atoms. The van der Waals surface area contributed by atoms with E-state index in [1.165, 1.54) is 12.1 Å². The Hall–Kier alpha value is -3.73. The Bertz CT molecular complexity index is 1330. The minimum absolute atomic E-state index is 0.159. The molecule has 1 aliphatic carbocycles. The molecule has 5 heteroatoms. The maximum atomic E-state index is 13.9. The summed E-state index contributed by atoms with van der Waals surface area (Å²) in [7, 11) is 1.64. The van der Waals surface area contributed by atoms with Gasteiger partial charge in [0.15, 0.2) is 0 Å². The van der Waals surface area contributed by atoms with Crippen molar-refractivity contribution in [3.05, 3.63) is 83.2 Å². The Morgan fingerprint density at radius 2 is 1.77 bits per heavy atom. The molecule has 0 fully saturated rings. The summed E-state index contributed by atoms with van der Waals surface area (Å²) in [6.07, 6.45) is 2.21. The molecule has 31 heavy (non-hydrogen) atoms. The molecule has 1 N–H and O–H groups in total. The standard InChI is InChI=1S/C26H20FNO3/c1-31-19-9-5-15(6-10-19)16-7-11-20-17(13-16)3-2-4-21-24(26(29)30)22-14-18(27)8-12-23(22)28-25(20)21/h5-14H,2-4H2,1H3,(H,29,30). The average molecular weight is 413 g/mol. The SMILES string of the molecule is COc1ccc(-c2ccc3c(c2)CCCc2c-3nc3ccc(F)cc3c2C(=O)O)cc1. The topological polar surface area (TPSA) is 59.4 Å². The van der Waals surface area contributed by atoms with Crippen LogP contribution in [-0.2, 0) is 12.8 Å². The van der Waals surface area contributed by atoms with Crippen LogP contribution in [0.3, 0.4) is 0 Å². The van der Waals surface area contributed by atoms with Crippen molar-refractivity contribution in [3.63, 3.8) is 0 Å². The summed E-state index contributed by atoms with van der Waals surface area (Å²) >= 11 is 0. The minimum atomic E-state index is -1.05. The summed E-state index contributed by atoms with van der Waals surface area (Å²) < 4.78 is 19.1. The highest BCUT2D eigenvalue weighted by atomic mass is 19.1. The van der Waals surface area contributed by atoms with Gasteiger partial charge in [-0.1, -0.05) is 30.3 Å². The predicted octanol–water partition coefficient (Wildman–Crippen LogP) is 5.90. The minimum Gasteiger partial charge on any atom is -0.497 e. The second-order valence-electron chi connectivity index (χ2n) is 7.73. The Labute approximate surface area is 179 Å². The lowest BCUT2D eigenvalue weighted by atomic mass is 9.93. The van der Waals surface area contributed by atoms with Crippen molar-refractivity contribution in [1.82, 2.24) is 4.98 Å². The number of halogens is 1. The van der Waals surface area contributed by atoms with Crippen LogP contribution in [-0.4, -0.2) is 23.2 Å². The van der Waals surface area contributed by atoms with Crippen LogP contribution in [0.1, 0.15) is 27.9 Å². The van der Waals surface area contributed by atoms with E-state index in [0.717, 1.165) is 40.8 Å². The molecule has 1 aromatic heterocycles. The van der Waals surface area contributed by atoms with Gasteiger partial charge in [0.25, 0.3) is 0 Å². The molecule has 0 aliphatic heterocycles. The zero-order valence-corrected chi connectivity index (χ0v) is 17.0. The van der Waals surface area contributed by atoms with Crippen LogP contribution in [0.2, 0.25) is 0 Å². The van der Waals surface area contributed by atoms with E-state index in [2.05, 4.69) is 6.07 Å². The van der Waals surface area contributed by atoms with Gasteiger partial charge in [-0.25, -0.2) is 14.2 Å². The van der Waals surface area contributed by atoms with Crippen molar-refractivity contribution in [2.75, 3.05) is 7.11 Å². The molecule has 0 saturated heterocycles. The smallest absolute Gasteiger partial charge is 0.336 e. The van der Waals surface area contributed by atoms with E-state index in [9.17, 15) is 14.3 Å². The van der Waals surface area contributed by atoms with Crippen LogP contribution in [0, 0.1) is 5.82 Å². The molecule has 3 aromatic carbocycles. The molecule has 0 saturated carbocycles. The number of methoxy groups -OCH3 is 1. The van der Waals surface area contributed by atoms with Crippen molar-refractivity contribution in [1.29, 1.82) is 0 Å². The number of rotatable bonds is 3. The molecular formula is C26H20FNO3. The number of aromatic nitrogens is 1. The molecule has 0 radical (unpaired) electrons. The second kappa shape index (κ2) is 7.51. The van der Waals surface area contributed by atoms with Crippen molar-refractivity contribution in [3.8, 4) is 28.1 Å². The van der Waals surface area contributed by atoms with Crippen LogP contribution >= 0.6 is 0 Å². The third-order valence-electron chi connectivity index (χ3n) is 5.92. The summed E-state index contributed by atoms with van der Waals surface area (Å²) in [6.45, 7) is 0. The Balaban J connectivity index is 1.70. The Kier molecular flexibility index (Phi) is 4.66. The molecule has 0 unspecified atom stereocenters. The van der Waals surface area contributed by atoms with E-state index < -0.39 is 11.8 Å². The molecule has 0 spiro atoms. The number of carboxylic acids is 1. The number of aromatic carboxylic acids is 1. The van der Waals surface area contributed by atoms with E-state index >= 15 is 0 Å². The zero-order chi connectivity index (χ0) is 21.5. The third-order valence-corrected chi connectivity index (χ3v) is 5.92. The molecule has 154 valence electrons. The van der Waals surface area contributed by atoms with Gasteiger partial charge in [-0.15, -0.1) is 0 Å². The Morgan fingerprint density at radius 1 is 1.00 bits per heavy atom. The Morgan fingerprint density at radius 3 is 2.52 bits per heavy atom. The molecule has 0 amide bonds. The van der Waals surface area contributed by atoms with Gasteiger partial charge in [0.1, 0.15) is 11.6 Å². The summed E-state index contributed by atoms with van der Waals surface area (Å²) in [4.78, 5) is 16.9. The molecular weight excluding hydrogens is 393 g/mol. The number of aryl methyl sites for hydroxylation is 1. The fourth-order valence-electron chi connectivity index (χ4n) is 4.44. The molecule has 0 atom stereocenters. The number of fused-ring (bicyclic) bond motifs is 4. The number of nitrogens with zero attached hydrogens (tertiary/aromatic N) is 1. The highest BCUT2D eigenvalue weighted by Crippen LogP contribution is 2.38. The molecule has 1 aliphatic rings. The summed E-state index contributed by atoms with van der Waals surface area (Å²) in [6, 6.07) is 18.3. The number of hydrogen-bond donors (Lipinski definition) is 1.